The molecule has 1 amide bonds. The summed E-state index contributed by atoms with van der Waals surface area (Å²) in [7, 11) is 0. The molecule has 0 bridgehead atoms. The number of aromatic nitrogens is 1. The molecule has 1 aliphatic rings. The van der Waals surface area contributed by atoms with E-state index in [0.717, 1.165) is 32.0 Å². The first-order chi connectivity index (χ1) is 12.0. The molecule has 1 aromatic heterocycles. The van der Waals surface area contributed by atoms with Crippen LogP contribution in [0.25, 0.3) is 20.8 Å². The quantitative estimate of drug-likeness (QED) is 0.780. The van der Waals surface area contributed by atoms with Crippen LogP contribution >= 0.6 is 11.3 Å². The molecule has 6 heteroatoms. The summed E-state index contributed by atoms with van der Waals surface area (Å²) in [4.78, 5) is 29.7. The van der Waals surface area contributed by atoms with E-state index in [-0.39, 0.29) is 18.9 Å². The number of amides is 1. The number of anilines is 1. The minimum absolute atomic E-state index is 0.0557. The van der Waals surface area contributed by atoms with Crippen molar-refractivity contribution in [2.75, 3.05) is 11.4 Å². The molecule has 4 rings (SSSR count). The number of hydrogen-bond donors (Lipinski definition) is 1. The Kier molecular flexibility index (Phi) is 3.77. The zero-order chi connectivity index (χ0) is 17.6. The smallest absolute Gasteiger partial charge is 0.308 e. The van der Waals surface area contributed by atoms with Gasteiger partial charge in [-0.15, -0.1) is 11.3 Å². The minimum atomic E-state index is -0.921. The van der Waals surface area contributed by atoms with Gasteiger partial charge >= 0.3 is 5.97 Å². The maximum atomic E-state index is 12.3. The maximum absolute atomic E-state index is 12.3. The van der Waals surface area contributed by atoms with Gasteiger partial charge in [-0.2, -0.15) is 0 Å². The summed E-state index contributed by atoms with van der Waals surface area (Å²) >= 11 is 1.61. The summed E-state index contributed by atoms with van der Waals surface area (Å²) in [5, 5.41) is 10.1. The number of para-hydroxylation sites is 1. The first kappa shape index (κ1) is 15.8. The zero-order valence-electron chi connectivity index (χ0n) is 13.6. The van der Waals surface area contributed by atoms with Crippen molar-refractivity contribution < 1.29 is 14.7 Å². The van der Waals surface area contributed by atoms with Crippen LogP contribution in [0, 0.1) is 12.8 Å². The van der Waals surface area contributed by atoms with Crippen LogP contribution in [0.4, 0.5) is 5.69 Å². The van der Waals surface area contributed by atoms with E-state index in [1.165, 1.54) is 0 Å². The van der Waals surface area contributed by atoms with Gasteiger partial charge in [0.2, 0.25) is 5.91 Å². The highest BCUT2D eigenvalue weighted by Crippen LogP contribution is 2.35. The largest absolute Gasteiger partial charge is 0.481 e. The van der Waals surface area contributed by atoms with Crippen LogP contribution in [0.5, 0.6) is 0 Å². The Morgan fingerprint density at radius 3 is 2.80 bits per heavy atom. The van der Waals surface area contributed by atoms with E-state index in [1.807, 2.05) is 49.4 Å². The van der Waals surface area contributed by atoms with Gasteiger partial charge in [-0.3, -0.25) is 9.59 Å². The minimum Gasteiger partial charge on any atom is -0.481 e. The van der Waals surface area contributed by atoms with E-state index in [4.69, 9.17) is 0 Å². The number of aryl methyl sites for hydroxylation is 1. The van der Waals surface area contributed by atoms with Gasteiger partial charge < -0.3 is 10.0 Å². The third kappa shape index (κ3) is 2.78. The molecule has 0 aliphatic carbocycles. The third-order valence-electron chi connectivity index (χ3n) is 4.52. The number of thiazole rings is 1. The Balaban J connectivity index is 1.74. The highest BCUT2D eigenvalue weighted by Gasteiger charge is 2.35. The van der Waals surface area contributed by atoms with Crippen molar-refractivity contribution in [2.24, 2.45) is 5.92 Å². The van der Waals surface area contributed by atoms with Crippen molar-refractivity contribution in [3.8, 4) is 10.6 Å². The van der Waals surface area contributed by atoms with Crippen molar-refractivity contribution in [3.63, 3.8) is 0 Å². The lowest BCUT2D eigenvalue weighted by Crippen LogP contribution is -2.26. The van der Waals surface area contributed by atoms with Gasteiger partial charge in [-0.25, -0.2) is 4.98 Å². The lowest BCUT2D eigenvalue weighted by molar-refractivity contribution is -0.141. The van der Waals surface area contributed by atoms with Gasteiger partial charge in [-0.05, 0) is 30.7 Å². The van der Waals surface area contributed by atoms with Crippen LogP contribution in [-0.4, -0.2) is 28.5 Å². The molecule has 0 saturated carbocycles. The molecule has 1 fully saturated rings. The number of carbonyl (C=O) groups is 2. The molecule has 126 valence electrons. The first-order valence-electron chi connectivity index (χ1n) is 8.02. The number of nitrogens with zero attached hydrogens (tertiary/aromatic N) is 2. The van der Waals surface area contributed by atoms with Crippen molar-refractivity contribution in [1.82, 2.24) is 4.98 Å². The molecule has 3 aromatic rings. The van der Waals surface area contributed by atoms with E-state index < -0.39 is 11.9 Å². The summed E-state index contributed by atoms with van der Waals surface area (Å²) in [6.07, 6.45) is 0.0557. The Hall–Kier alpha value is -2.73. The van der Waals surface area contributed by atoms with Crippen molar-refractivity contribution in [1.29, 1.82) is 0 Å². The second kappa shape index (κ2) is 5.97. The first-order valence-corrected chi connectivity index (χ1v) is 8.84. The van der Waals surface area contributed by atoms with Gasteiger partial charge in [0, 0.05) is 24.2 Å². The SMILES string of the molecule is Cc1ccc(-c2nc3ccccc3s2)cc1N1CC(C(=O)O)CC1=O. The van der Waals surface area contributed by atoms with Crippen molar-refractivity contribution in [3.05, 3.63) is 48.0 Å². The van der Waals surface area contributed by atoms with Crippen molar-refractivity contribution in [2.45, 2.75) is 13.3 Å². The third-order valence-corrected chi connectivity index (χ3v) is 5.60. The highest BCUT2D eigenvalue weighted by molar-refractivity contribution is 7.21. The number of carbonyl (C=O) groups excluding carboxylic acids is 1. The molecule has 1 atom stereocenters. The second-order valence-electron chi connectivity index (χ2n) is 6.23. The molecule has 1 saturated heterocycles. The number of aliphatic carboxylic acids is 1. The molecule has 1 aliphatic heterocycles. The van der Waals surface area contributed by atoms with Gasteiger partial charge in [0.15, 0.2) is 0 Å². The fourth-order valence-electron chi connectivity index (χ4n) is 3.13. The average Bonchev–Trinajstić information content (AvgIpc) is 3.19. The number of carboxylic acid groups (broad SMARTS) is 1. The van der Waals surface area contributed by atoms with Gasteiger partial charge in [-0.1, -0.05) is 24.3 Å². The Morgan fingerprint density at radius 1 is 1.28 bits per heavy atom. The molecule has 2 aromatic carbocycles. The Labute approximate surface area is 148 Å². The predicted molar refractivity (Wildman–Crippen MR) is 97.9 cm³/mol. The molecule has 5 nitrogen and oxygen atoms in total. The Bertz CT molecular complexity index is 962. The molecule has 2 heterocycles. The normalized spacial score (nSPS) is 17.4. The standard InChI is InChI=1S/C19H16N2O3S/c1-11-6-7-12(18-20-14-4-2-3-5-16(14)25-18)8-15(11)21-10-13(19(23)24)9-17(21)22/h2-8,13H,9-10H2,1H3,(H,23,24). The van der Waals surface area contributed by atoms with Crippen LogP contribution < -0.4 is 4.90 Å². The summed E-state index contributed by atoms with van der Waals surface area (Å²) in [5.74, 6) is -1.70. The number of rotatable bonds is 3. The summed E-state index contributed by atoms with van der Waals surface area (Å²) in [5.41, 5.74) is 3.61. The Morgan fingerprint density at radius 2 is 2.08 bits per heavy atom. The van der Waals surface area contributed by atoms with E-state index in [9.17, 15) is 14.7 Å². The van der Waals surface area contributed by atoms with Gasteiger partial charge in [0.25, 0.3) is 0 Å². The number of fused-ring (bicyclic) bond motifs is 1. The molecular weight excluding hydrogens is 336 g/mol. The fourth-order valence-corrected chi connectivity index (χ4v) is 4.10. The van der Waals surface area contributed by atoms with E-state index in [1.54, 1.807) is 16.2 Å². The number of hydrogen-bond acceptors (Lipinski definition) is 4. The van der Waals surface area contributed by atoms with Gasteiger partial charge in [0.1, 0.15) is 5.01 Å². The van der Waals surface area contributed by atoms with E-state index in [2.05, 4.69) is 4.98 Å². The summed E-state index contributed by atoms with van der Waals surface area (Å²) in [6, 6.07) is 13.8. The fraction of sp³-hybridized carbons (Fsp3) is 0.211. The molecule has 0 radical (unpaired) electrons. The maximum Gasteiger partial charge on any atom is 0.308 e. The van der Waals surface area contributed by atoms with Crippen molar-refractivity contribution >= 4 is 39.1 Å². The molecular formula is C19H16N2O3S. The van der Waals surface area contributed by atoms with Crippen LogP contribution in [0.15, 0.2) is 42.5 Å². The second-order valence-corrected chi connectivity index (χ2v) is 7.26. The van der Waals surface area contributed by atoms with Crippen LogP contribution in [0.3, 0.4) is 0 Å². The van der Waals surface area contributed by atoms with Gasteiger partial charge in [0.05, 0.1) is 16.1 Å². The number of carboxylic acids is 1. The molecule has 1 N–H and O–H groups in total. The number of benzene rings is 2. The van der Waals surface area contributed by atoms with E-state index >= 15 is 0 Å². The van der Waals surface area contributed by atoms with Crippen LogP contribution in [0.1, 0.15) is 12.0 Å². The molecule has 0 spiro atoms. The lowest BCUT2D eigenvalue weighted by atomic mass is 10.1. The zero-order valence-corrected chi connectivity index (χ0v) is 14.4. The topological polar surface area (TPSA) is 70.5 Å². The summed E-state index contributed by atoms with van der Waals surface area (Å²) in [6.45, 7) is 2.15. The summed E-state index contributed by atoms with van der Waals surface area (Å²) < 4.78 is 1.11. The van der Waals surface area contributed by atoms with Crippen LogP contribution in [0.2, 0.25) is 0 Å². The molecule has 1 unspecified atom stereocenters. The highest BCUT2D eigenvalue weighted by atomic mass is 32.1. The average molecular weight is 352 g/mol. The predicted octanol–water partition coefficient (Wildman–Crippen LogP) is 3.71. The lowest BCUT2D eigenvalue weighted by Gasteiger charge is -2.19. The monoisotopic (exact) mass is 352 g/mol. The van der Waals surface area contributed by atoms with Crippen LogP contribution in [-0.2, 0) is 9.59 Å². The van der Waals surface area contributed by atoms with E-state index in [0.29, 0.717) is 0 Å². The molecule has 25 heavy (non-hydrogen) atoms.